The maximum Gasteiger partial charge on any atom is 0.289 e. The second-order valence-electron chi connectivity index (χ2n) is 3.96. The minimum atomic E-state index is -0.548. The normalized spacial score (nSPS) is 10.7. The molecule has 6 heteroatoms. The molecule has 1 heterocycles. The molecule has 18 heavy (non-hydrogen) atoms. The molecular weight excluding hydrogens is 275 g/mol. The van der Waals surface area contributed by atoms with Crippen molar-refractivity contribution in [3.63, 3.8) is 0 Å². The number of benzene rings is 1. The van der Waals surface area contributed by atoms with Crippen LogP contribution in [0.25, 0.3) is 5.69 Å². The lowest BCUT2D eigenvalue weighted by molar-refractivity contribution is -0.384. The Hall–Kier alpha value is -1.52. The van der Waals surface area contributed by atoms with E-state index in [0.717, 1.165) is 11.4 Å². The van der Waals surface area contributed by atoms with E-state index in [-0.39, 0.29) is 10.7 Å². The van der Waals surface area contributed by atoms with E-state index >= 15 is 0 Å². The van der Waals surface area contributed by atoms with Gasteiger partial charge in [0.25, 0.3) is 5.69 Å². The summed E-state index contributed by atoms with van der Waals surface area (Å²) >= 11 is 12.0. The first-order valence-electron chi connectivity index (χ1n) is 5.20. The summed E-state index contributed by atoms with van der Waals surface area (Å²) in [6.45, 7) is 3.86. The molecular formula is C12H10Cl2N2O2. The van der Waals surface area contributed by atoms with Gasteiger partial charge in [0.1, 0.15) is 5.02 Å². The highest BCUT2D eigenvalue weighted by Crippen LogP contribution is 2.34. The zero-order valence-corrected chi connectivity index (χ0v) is 11.3. The zero-order valence-electron chi connectivity index (χ0n) is 9.78. The maximum atomic E-state index is 10.8. The van der Waals surface area contributed by atoms with Crippen LogP contribution in [0.4, 0.5) is 5.69 Å². The number of hydrogen-bond donors (Lipinski definition) is 0. The molecule has 0 fully saturated rings. The van der Waals surface area contributed by atoms with Crippen LogP contribution in [0.5, 0.6) is 0 Å². The van der Waals surface area contributed by atoms with E-state index in [0.29, 0.717) is 10.7 Å². The molecule has 0 bridgehead atoms. The van der Waals surface area contributed by atoms with Crippen molar-refractivity contribution in [3.8, 4) is 5.69 Å². The van der Waals surface area contributed by atoms with Crippen molar-refractivity contribution < 1.29 is 4.92 Å². The SMILES string of the molecule is Cc1ccc(C)n1-c1cc(Cl)c([N+](=O)[O-])cc1Cl. The molecule has 0 saturated carbocycles. The van der Waals surface area contributed by atoms with E-state index in [1.807, 2.05) is 30.5 Å². The van der Waals surface area contributed by atoms with Crippen molar-refractivity contribution in [2.24, 2.45) is 0 Å². The van der Waals surface area contributed by atoms with Crippen molar-refractivity contribution in [1.82, 2.24) is 4.57 Å². The molecule has 0 unspecified atom stereocenters. The van der Waals surface area contributed by atoms with E-state index < -0.39 is 4.92 Å². The summed E-state index contributed by atoms with van der Waals surface area (Å²) in [5.41, 5.74) is 2.43. The van der Waals surface area contributed by atoms with Gasteiger partial charge in [-0.2, -0.15) is 0 Å². The molecule has 0 atom stereocenters. The lowest BCUT2D eigenvalue weighted by Crippen LogP contribution is -2.01. The van der Waals surface area contributed by atoms with Crippen molar-refractivity contribution in [2.45, 2.75) is 13.8 Å². The van der Waals surface area contributed by atoms with Crippen molar-refractivity contribution in [3.05, 3.63) is 55.8 Å². The highest BCUT2D eigenvalue weighted by molar-refractivity contribution is 6.36. The second-order valence-corrected chi connectivity index (χ2v) is 4.78. The third kappa shape index (κ3) is 2.09. The van der Waals surface area contributed by atoms with Crippen LogP contribution in [0.2, 0.25) is 10.0 Å². The van der Waals surface area contributed by atoms with Crippen LogP contribution < -0.4 is 0 Å². The van der Waals surface area contributed by atoms with Gasteiger partial charge in [0.15, 0.2) is 0 Å². The molecule has 4 nitrogen and oxygen atoms in total. The highest BCUT2D eigenvalue weighted by Gasteiger charge is 2.18. The molecule has 2 rings (SSSR count). The van der Waals surface area contributed by atoms with Gasteiger partial charge in [0.2, 0.25) is 0 Å². The van der Waals surface area contributed by atoms with Gasteiger partial charge in [0.05, 0.1) is 15.6 Å². The first kappa shape index (κ1) is 12.9. The maximum absolute atomic E-state index is 10.8. The van der Waals surface area contributed by atoms with E-state index in [1.165, 1.54) is 12.1 Å². The molecule has 1 aromatic carbocycles. The van der Waals surface area contributed by atoms with Crippen LogP contribution in [0.3, 0.4) is 0 Å². The molecule has 0 aliphatic carbocycles. The van der Waals surface area contributed by atoms with Crippen molar-refractivity contribution in [2.75, 3.05) is 0 Å². The molecule has 0 aliphatic rings. The molecule has 0 N–H and O–H groups in total. The smallest absolute Gasteiger partial charge is 0.289 e. The Morgan fingerprint density at radius 1 is 1.11 bits per heavy atom. The fourth-order valence-corrected chi connectivity index (χ4v) is 2.35. The van der Waals surface area contributed by atoms with Gasteiger partial charge in [0, 0.05) is 17.5 Å². The summed E-state index contributed by atoms with van der Waals surface area (Å²) in [7, 11) is 0. The first-order valence-corrected chi connectivity index (χ1v) is 5.96. The fourth-order valence-electron chi connectivity index (χ4n) is 1.89. The molecule has 1 aromatic heterocycles. The number of nitrogens with zero attached hydrogens (tertiary/aromatic N) is 2. The number of hydrogen-bond acceptors (Lipinski definition) is 2. The van der Waals surface area contributed by atoms with E-state index in [9.17, 15) is 10.1 Å². The third-order valence-electron chi connectivity index (χ3n) is 2.73. The summed E-state index contributed by atoms with van der Waals surface area (Å²) in [6.07, 6.45) is 0. The number of aryl methyl sites for hydroxylation is 2. The Morgan fingerprint density at radius 3 is 2.17 bits per heavy atom. The summed E-state index contributed by atoms with van der Waals surface area (Å²) in [6, 6.07) is 6.68. The van der Waals surface area contributed by atoms with Gasteiger partial charge in [-0.15, -0.1) is 0 Å². The average molecular weight is 285 g/mol. The predicted molar refractivity (Wildman–Crippen MR) is 71.9 cm³/mol. The van der Waals surface area contributed by atoms with Gasteiger partial charge in [-0.05, 0) is 32.0 Å². The van der Waals surface area contributed by atoms with Gasteiger partial charge in [-0.3, -0.25) is 10.1 Å². The van der Waals surface area contributed by atoms with Gasteiger partial charge in [-0.25, -0.2) is 0 Å². The molecule has 0 radical (unpaired) electrons. The van der Waals surface area contributed by atoms with Crippen LogP contribution in [-0.2, 0) is 0 Å². The number of halogens is 2. The molecule has 94 valence electrons. The number of nitro benzene ring substituents is 1. The van der Waals surface area contributed by atoms with Crippen LogP contribution in [0, 0.1) is 24.0 Å². The highest BCUT2D eigenvalue weighted by atomic mass is 35.5. The number of nitro groups is 1. The van der Waals surface area contributed by atoms with Crippen LogP contribution in [0.15, 0.2) is 24.3 Å². The van der Waals surface area contributed by atoms with E-state index in [2.05, 4.69) is 0 Å². The minimum absolute atomic E-state index is 0.0758. The van der Waals surface area contributed by atoms with Crippen LogP contribution in [-0.4, -0.2) is 9.49 Å². The predicted octanol–water partition coefficient (Wildman–Crippen LogP) is 4.31. The van der Waals surface area contributed by atoms with Crippen molar-refractivity contribution >= 4 is 28.9 Å². The van der Waals surface area contributed by atoms with Gasteiger partial charge in [-0.1, -0.05) is 23.2 Å². The lowest BCUT2D eigenvalue weighted by Gasteiger charge is -2.11. The monoisotopic (exact) mass is 284 g/mol. The zero-order chi connectivity index (χ0) is 13.4. The van der Waals surface area contributed by atoms with E-state index in [1.54, 1.807) is 0 Å². The topological polar surface area (TPSA) is 48.1 Å². The molecule has 0 aliphatic heterocycles. The molecule has 0 saturated heterocycles. The Morgan fingerprint density at radius 2 is 1.67 bits per heavy atom. The molecule has 2 aromatic rings. The fraction of sp³-hybridized carbons (Fsp3) is 0.167. The average Bonchev–Trinajstić information content (AvgIpc) is 2.61. The summed E-state index contributed by atoms with van der Waals surface area (Å²) in [4.78, 5) is 10.2. The van der Waals surface area contributed by atoms with Crippen LogP contribution in [0.1, 0.15) is 11.4 Å². The number of aromatic nitrogens is 1. The van der Waals surface area contributed by atoms with E-state index in [4.69, 9.17) is 23.2 Å². The Balaban J connectivity index is 2.68. The van der Waals surface area contributed by atoms with Gasteiger partial charge >= 0.3 is 0 Å². The number of rotatable bonds is 2. The standard InChI is InChI=1S/C12H10Cl2N2O2/c1-7-3-4-8(2)15(7)11-5-10(14)12(16(17)18)6-9(11)13/h3-6H,1-2H3. The summed E-state index contributed by atoms with van der Waals surface area (Å²) < 4.78 is 1.90. The Kier molecular flexibility index (Phi) is 3.32. The second kappa shape index (κ2) is 4.63. The minimum Gasteiger partial charge on any atom is -0.317 e. The Labute approximate surface area is 114 Å². The summed E-state index contributed by atoms with van der Waals surface area (Å²) in [5.74, 6) is 0. The van der Waals surface area contributed by atoms with Crippen LogP contribution >= 0.6 is 23.2 Å². The first-order chi connectivity index (χ1) is 8.41. The largest absolute Gasteiger partial charge is 0.317 e. The quantitative estimate of drug-likeness (QED) is 0.609. The molecule has 0 amide bonds. The van der Waals surface area contributed by atoms with Crippen molar-refractivity contribution in [1.29, 1.82) is 0 Å². The molecule has 0 spiro atoms. The lowest BCUT2D eigenvalue weighted by atomic mass is 10.2. The van der Waals surface area contributed by atoms with Gasteiger partial charge < -0.3 is 4.57 Å². The summed E-state index contributed by atoms with van der Waals surface area (Å²) in [5, 5.41) is 11.1. The third-order valence-corrected chi connectivity index (χ3v) is 3.33. The Bertz CT molecular complexity index is 616.